The fourth-order valence-corrected chi connectivity index (χ4v) is 17.0. The van der Waals surface area contributed by atoms with Crippen LogP contribution in [0.5, 0.6) is 0 Å². The van der Waals surface area contributed by atoms with Crippen molar-refractivity contribution in [1.82, 2.24) is 4.57 Å². The second-order valence-electron chi connectivity index (χ2n) is 35.6. The van der Waals surface area contributed by atoms with Crippen LogP contribution in [-0.2, 0) is 27.1 Å². The van der Waals surface area contributed by atoms with Crippen molar-refractivity contribution in [1.29, 1.82) is 0 Å². The van der Waals surface area contributed by atoms with Crippen molar-refractivity contribution in [3.63, 3.8) is 0 Å². The van der Waals surface area contributed by atoms with Gasteiger partial charge in [0.25, 0.3) is 6.71 Å². The summed E-state index contributed by atoms with van der Waals surface area (Å²) in [6.45, 7) is 33.7. The van der Waals surface area contributed by atoms with E-state index in [4.69, 9.17) is 11.6 Å². The lowest BCUT2D eigenvalue weighted by Crippen LogP contribution is -2.61. The van der Waals surface area contributed by atoms with E-state index in [1.165, 1.54) is 22.3 Å². The molecule has 0 amide bonds. The Morgan fingerprint density at radius 2 is 0.745 bits per heavy atom. The van der Waals surface area contributed by atoms with Gasteiger partial charge in [0.1, 0.15) is 16.7 Å². The van der Waals surface area contributed by atoms with Gasteiger partial charge in [0, 0.05) is 77.4 Å². The molecule has 0 bridgehead atoms. The fourth-order valence-electron chi connectivity index (χ4n) is 17.0. The summed E-state index contributed by atoms with van der Waals surface area (Å²) in [6.07, 6.45) is 0. The van der Waals surface area contributed by atoms with Crippen LogP contribution < -0.4 is 26.2 Å². The van der Waals surface area contributed by atoms with Crippen LogP contribution in [0.1, 0.15) is 143 Å². The van der Waals surface area contributed by atoms with Gasteiger partial charge in [-0.05, 0) is 189 Å². The Balaban J connectivity index is 1.00. The summed E-state index contributed by atoms with van der Waals surface area (Å²) in [7, 11) is 0. The second-order valence-corrected chi connectivity index (χ2v) is 35.6. The highest BCUT2D eigenvalue weighted by molar-refractivity contribution is 7.00. The fraction of sp³-hybridized carbons (Fsp3) is 0.192. The first-order chi connectivity index (χ1) is 56.0. The van der Waals surface area contributed by atoms with Crippen molar-refractivity contribution in [2.45, 2.75) is 131 Å². The quantitative estimate of drug-likeness (QED) is 0.142. The summed E-state index contributed by atoms with van der Waals surface area (Å²) in [5.41, 5.74) is 26.2. The Kier molecular flexibility index (Phi) is 13.6. The van der Waals surface area contributed by atoms with Crippen LogP contribution in [0.2, 0.25) is 0 Å². The SMILES string of the molecule is [2H]c1c([2H])c([2H])c2c(c1[2H])c1c([2H])c([2H])c([2H])c([2H])c1n2-c1ccc2c(c1)N(c1c(-c3ccccc3)cc(C(C)(C)C)cc1-c1ccccc1)c1cc(-c3cc(C(C)(C)C)cc(C(C)(C)C)c3)cc3c1B2c1ccc(-c2cc(C(C)(C)C)cc(C(C)(C)C)c2)cc1N3c1cccc2c1oc1c(-c3ccc4c(c3)oc3ccccc34)cccc12. The van der Waals surface area contributed by atoms with E-state index in [-0.39, 0.29) is 61.0 Å². The number of para-hydroxylation sites is 5. The van der Waals surface area contributed by atoms with E-state index < -0.39 is 43.0 Å². The van der Waals surface area contributed by atoms with Gasteiger partial charge in [-0.1, -0.05) is 310 Å². The van der Waals surface area contributed by atoms with E-state index in [0.29, 0.717) is 11.3 Å². The molecule has 0 N–H and O–H groups in total. The molecule has 0 spiro atoms. The van der Waals surface area contributed by atoms with Gasteiger partial charge in [-0.2, -0.15) is 0 Å². The van der Waals surface area contributed by atoms with Gasteiger partial charge in [0.2, 0.25) is 0 Å². The Morgan fingerprint density at radius 3 is 1.33 bits per heavy atom. The van der Waals surface area contributed by atoms with E-state index in [1.54, 1.807) is 4.57 Å². The molecule has 14 aromatic carbocycles. The smallest absolute Gasteiger partial charge is 0.252 e. The van der Waals surface area contributed by atoms with E-state index in [1.807, 2.05) is 24.3 Å². The monoisotopic (exact) mass is 1430 g/mol. The molecule has 0 saturated heterocycles. The molecule has 0 radical (unpaired) electrons. The van der Waals surface area contributed by atoms with E-state index >= 15 is 0 Å². The summed E-state index contributed by atoms with van der Waals surface area (Å²) in [6, 6.07) is 82.5. The van der Waals surface area contributed by atoms with Gasteiger partial charge in [0.05, 0.1) is 33.4 Å². The van der Waals surface area contributed by atoms with Crippen molar-refractivity contribution in [2.75, 3.05) is 9.80 Å². The average Bonchev–Trinajstić information content (AvgIpc) is 0.979. The lowest BCUT2D eigenvalue weighted by Gasteiger charge is -2.45. The molecule has 17 aromatic rings. The standard InChI is InChI=1S/C104H92BN3O2/c1-100(2,3)70-50-67(51-71(58-70)101(4,5)6)65-45-48-85-90(54-65)107(89-42-29-39-82-81-38-28-37-76(98(81)110-99(82)89)66-44-47-80-79-36-24-27-43-94(79)109-95(80)57-66)92-55-69(68-52-72(102(7,8)9)59-73(53-68)103(10,11)12)56-93-96(92)105(85)86-49-46-75(106-87-40-25-22-34-77(87)78-35-23-26-41-88(78)106)62-91(86)108(93)97-83(63-30-18-16-19-31-63)60-74(104(13,14)15)61-84(97)64-32-20-17-21-33-64/h16-62H,1-15H3/i22D,23D,25D,26D,34D,35D,40D,41D. The summed E-state index contributed by atoms with van der Waals surface area (Å²) in [5.74, 6) is 0. The predicted molar refractivity (Wildman–Crippen MR) is 470 cm³/mol. The zero-order valence-corrected chi connectivity index (χ0v) is 65.3. The molecular formula is C104H92BN3O2. The van der Waals surface area contributed by atoms with E-state index in [0.717, 1.165) is 150 Å². The van der Waals surface area contributed by atoms with E-state index in [2.05, 4.69) is 326 Å². The minimum absolute atomic E-state index is 0.00411. The number of furan rings is 2. The zero-order valence-electron chi connectivity index (χ0n) is 73.3. The third-order valence-corrected chi connectivity index (χ3v) is 23.1. The molecule has 0 saturated carbocycles. The second kappa shape index (κ2) is 24.8. The first-order valence-electron chi connectivity index (χ1n) is 42.6. The molecule has 538 valence electrons. The van der Waals surface area contributed by atoms with Crippen LogP contribution in [-0.4, -0.2) is 11.3 Å². The maximum absolute atomic E-state index is 9.94. The van der Waals surface area contributed by atoms with Gasteiger partial charge in [-0.15, -0.1) is 0 Å². The Labute approximate surface area is 658 Å². The van der Waals surface area contributed by atoms with Crippen LogP contribution in [0.25, 0.3) is 127 Å². The topological polar surface area (TPSA) is 37.7 Å². The molecule has 0 fully saturated rings. The summed E-state index contributed by atoms with van der Waals surface area (Å²) in [5, 5.41) is 4.02. The van der Waals surface area contributed by atoms with E-state index in [9.17, 15) is 8.22 Å². The highest BCUT2D eigenvalue weighted by Gasteiger charge is 2.46. The molecular weight excluding hydrogens is 1330 g/mol. The number of hydrogen-bond donors (Lipinski definition) is 0. The summed E-state index contributed by atoms with van der Waals surface area (Å²) < 4.78 is 92.2. The van der Waals surface area contributed by atoms with Crippen LogP contribution in [0.3, 0.4) is 0 Å². The normalized spacial score (nSPS) is 14.4. The van der Waals surface area contributed by atoms with Crippen molar-refractivity contribution >= 4 is 123 Å². The van der Waals surface area contributed by atoms with Crippen molar-refractivity contribution < 1.29 is 19.8 Å². The van der Waals surface area contributed by atoms with Gasteiger partial charge in [-0.3, -0.25) is 0 Å². The number of rotatable bonds is 8. The van der Waals surface area contributed by atoms with Crippen molar-refractivity contribution in [3.8, 4) is 61.3 Å². The molecule has 3 aromatic heterocycles. The summed E-state index contributed by atoms with van der Waals surface area (Å²) >= 11 is 0. The van der Waals surface area contributed by atoms with Crippen LogP contribution in [0, 0.1) is 0 Å². The molecule has 5 nitrogen and oxygen atoms in total. The molecule has 110 heavy (non-hydrogen) atoms. The Morgan fingerprint density at radius 1 is 0.291 bits per heavy atom. The highest BCUT2D eigenvalue weighted by atomic mass is 16.3. The number of fused-ring (bicyclic) bond motifs is 13. The highest BCUT2D eigenvalue weighted by Crippen LogP contribution is 2.55. The largest absolute Gasteiger partial charge is 0.456 e. The molecule has 5 heterocycles. The van der Waals surface area contributed by atoms with Crippen LogP contribution in [0.4, 0.5) is 34.1 Å². The van der Waals surface area contributed by atoms with Crippen molar-refractivity contribution in [3.05, 3.63) is 313 Å². The van der Waals surface area contributed by atoms with Gasteiger partial charge in [-0.25, -0.2) is 0 Å². The number of benzene rings is 14. The lowest BCUT2D eigenvalue weighted by atomic mass is 9.33. The molecule has 19 rings (SSSR count). The summed E-state index contributed by atoms with van der Waals surface area (Å²) in [4.78, 5) is 4.95. The third kappa shape index (κ3) is 11.3. The third-order valence-electron chi connectivity index (χ3n) is 23.1. The first-order valence-corrected chi connectivity index (χ1v) is 38.6. The zero-order chi connectivity index (χ0) is 82.8. The van der Waals surface area contributed by atoms with Crippen molar-refractivity contribution in [2.24, 2.45) is 0 Å². The molecule has 6 heteroatoms. The predicted octanol–water partition coefficient (Wildman–Crippen LogP) is 27.5. The van der Waals surface area contributed by atoms with Gasteiger partial charge >= 0.3 is 0 Å². The molecule has 2 aliphatic heterocycles. The Bertz CT molecular complexity index is 6940. The molecule has 2 aliphatic rings. The molecule has 0 unspecified atom stereocenters. The molecule has 0 aliphatic carbocycles. The van der Waals surface area contributed by atoms with Gasteiger partial charge < -0.3 is 23.2 Å². The number of nitrogens with zero attached hydrogens (tertiary/aromatic N) is 3. The lowest BCUT2D eigenvalue weighted by molar-refractivity contribution is 0.568. The maximum atomic E-state index is 9.94. The number of aromatic nitrogens is 1. The minimum atomic E-state index is -0.534. The average molecular weight is 1430 g/mol. The molecule has 0 atom stereocenters. The minimum Gasteiger partial charge on any atom is -0.456 e. The number of anilines is 6. The Hall–Kier alpha value is -11.9. The number of hydrogen-bond acceptors (Lipinski definition) is 4. The van der Waals surface area contributed by atoms with Crippen LogP contribution >= 0.6 is 0 Å². The van der Waals surface area contributed by atoms with Crippen LogP contribution in [0.15, 0.2) is 294 Å². The first kappa shape index (κ1) is 60.1. The maximum Gasteiger partial charge on any atom is 0.252 e. The van der Waals surface area contributed by atoms with Gasteiger partial charge in [0.15, 0.2) is 5.58 Å².